The minimum absolute atomic E-state index is 0.0966. The summed E-state index contributed by atoms with van der Waals surface area (Å²) in [4.78, 5) is 29.2. The fourth-order valence-corrected chi connectivity index (χ4v) is 4.45. The first kappa shape index (κ1) is 19.6. The lowest BCUT2D eigenvalue weighted by Gasteiger charge is -2.34. The predicted molar refractivity (Wildman–Crippen MR) is 113 cm³/mol. The number of hydrogen-bond donors (Lipinski definition) is 0. The average Bonchev–Trinajstić information content (AvgIpc) is 3.04. The molecule has 0 N–H and O–H groups in total. The van der Waals surface area contributed by atoms with Gasteiger partial charge in [0.05, 0.1) is 24.8 Å². The van der Waals surface area contributed by atoms with Crippen LogP contribution in [0.25, 0.3) is 0 Å². The molecule has 2 fully saturated rings. The third kappa shape index (κ3) is 4.35. The summed E-state index contributed by atoms with van der Waals surface area (Å²) >= 11 is 0. The number of carbonyl (C=O) groups excluding carboxylic acids is 2. The number of rotatable bonds is 6. The molecule has 2 saturated heterocycles. The highest BCUT2D eigenvalue weighted by atomic mass is 16.5. The molecule has 29 heavy (non-hydrogen) atoms. The van der Waals surface area contributed by atoms with Crippen molar-refractivity contribution in [2.24, 2.45) is 5.92 Å². The van der Waals surface area contributed by atoms with Gasteiger partial charge in [0, 0.05) is 0 Å². The number of amides is 2. The molecular weight excluding hydrogens is 364 g/mol. The van der Waals surface area contributed by atoms with Crippen LogP contribution in [0.3, 0.4) is 0 Å². The highest BCUT2D eigenvalue weighted by molar-refractivity contribution is 6.22. The molecule has 0 saturated carbocycles. The van der Waals surface area contributed by atoms with E-state index in [4.69, 9.17) is 4.74 Å². The number of ether oxygens (including phenoxy) is 1. The lowest BCUT2D eigenvalue weighted by atomic mass is 9.89. The Labute approximate surface area is 172 Å². The van der Waals surface area contributed by atoms with Gasteiger partial charge in [0.2, 0.25) is 5.91 Å². The molecule has 2 amide bonds. The van der Waals surface area contributed by atoms with Crippen molar-refractivity contribution in [1.29, 1.82) is 0 Å². The molecule has 2 heterocycles. The summed E-state index contributed by atoms with van der Waals surface area (Å²) < 4.78 is 5.45. The minimum atomic E-state index is -0.327. The molecule has 2 aliphatic rings. The summed E-state index contributed by atoms with van der Waals surface area (Å²) in [6.45, 7) is 4.26. The van der Waals surface area contributed by atoms with Gasteiger partial charge in [0.25, 0.3) is 5.91 Å². The van der Waals surface area contributed by atoms with Crippen molar-refractivity contribution in [2.75, 3.05) is 24.6 Å². The Hall–Kier alpha value is -2.66. The van der Waals surface area contributed by atoms with E-state index < -0.39 is 0 Å². The van der Waals surface area contributed by atoms with E-state index in [1.54, 1.807) is 12.1 Å². The third-order valence-electron chi connectivity index (χ3n) is 5.99. The normalized spacial score (nSPS) is 21.0. The van der Waals surface area contributed by atoms with Crippen LogP contribution in [0.4, 0.5) is 5.69 Å². The van der Waals surface area contributed by atoms with Gasteiger partial charge in [0.15, 0.2) is 0 Å². The summed E-state index contributed by atoms with van der Waals surface area (Å²) in [6.07, 6.45) is 3.49. The van der Waals surface area contributed by atoms with E-state index in [0.29, 0.717) is 18.2 Å². The average molecular weight is 392 g/mol. The van der Waals surface area contributed by atoms with Crippen LogP contribution in [0.1, 0.15) is 31.7 Å². The highest BCUT2D eigenvalue weighted by Gasteiger charge is 2.43. The predicted octanol–water partition coefficient (Wildman–Crippen LogP) is 3.67. The van der Waals surface area contributed by atoms with Crippen molar-refractivity contribution in [3.05, 3.63) is 60.2 Å². The van der Waals surface area contributed by atoms with Gasteiger partial charge < -0.3 is 4.74 Å². The number of hydrogen-bond acceptors (Lipinski definition) is 4. The summed E-state index contributed by atoms with van der Waals surface area (Å²) in [5.74, 6) is 1.17. The Kier molecular flexibility index (Phi) is 5.95. The maximum Gasteiger partial charge on any atom is 0.251 e. The van der Waals surface area contributed by atoms with Crippen LogP contribution in [0, 0.1) is 5.92 Å². The molecule has 0 bridgehead atoms. The first-order valence-electron chi connectivity index (χ1n) is 10.5. The van der Waals surface area contributed by atoms with Crippen LogP contribution in [0.15, 0.2) is 54.6 Å². The van der Waals surface area contributed by atoms with Crippen LogP contribution in [0.5, 0.6) is 5.75 Å². The second-order valence-electron chi connectivity index (χ2n) is 7.88. The van der Waals surface area contributed by atoms with Crippen molar-refractivity contribution in [3.8, 4) is 5.75 Å². The summed E-state index contributed by atoms with van der Waals surface area (Å²) in [5.41, 5.74) is 2.00. The van der Waals surface area contributed by atoms with Gasteiger partial charge in [-0.25, -0.2) is 4.90 Å². The molecule has 5 nitrogen and oxygen atoms in total. The smallest absolute Gasteiger partial charge is 0.251 e. The summed E-state index contributed by atoms with van der Waals surface area (Å²) in [6, 6.07) is 17.4. The minimum Gasteiger partial charge on any atom is -0.494 e. The zero-order valence-electron chi connectivity index (χ0n) is 16.9. The second kappa shape index (κ2) is 8.78. The lowest BCUT2D eigenvalue weighted by Crippen LogP contribution is -2.46. The van der Waals surface area contributed by atoms with E-state index in [1.807, 2.05) is 25.1 Å². The first-order chi connectivity index (χ1) is 14.2. The first-order valence-corrected chi connectivity index (χ1v) is 10.5. The van der Waals surface area contributed by atoms with E-state index in [0.717, 1.165) is 38.1 Å². The fourth-order valence-electron chi connectivity index (χ4n) is 4.45. The molecule has 0 unspecified atom stereocenters. The van der Waals surface area contributed by atoms with E-state index in [1.165, 1.54) is 10.5 Å². The van der Waals surface area contributed by atoms with Gasteiger partial charge in [-0.1, -0.05) is 30.3 Å². The molecular formula is C24H28N2O3. The Balaban J connectivity index is 1.36. The van der Waals surface area contributed by atoms with E-state index in [-0.39, 0.29) is 24.3 Å². The monoisotopic (exact) mass is 392 g/mol. The Bertz CT molecular complexity index is 842. The number of likely N-dealkylation sites (tertiary alicyclic amines) is 1. The molecule has 0 aliphatic carbocycles. The molecule has 152 valence electrons. The van der Waals surface area contributed by atoms with Crippen molar-refractivity contribution in [1.82, 2.24) is 4.90 Å². The number of benzene rings is 2. The molecule has 2 aromatic rings. The molecule has 1 atom stereocenters. The van der Waals surface area contributed by atoms with Crippen LogP contribution in [-0.2, 0) is 16.0 Å². The maximum atomic E-state index is 13.0. The van der Waals surface area contributed by atoms with E-state index in [9.17, 15) is 9.59 Å². The molecule has 2 aromatic carbocycles. The zero-order valence-corrected chi connectivity index (χ0v) is 16.9. The van der Waals surface area contributed by atoms with E-state index in [2.05, 4.69) is 29.2 Å². The number of piperidine rings is 1. The largest absolute Gasteiger partial charge is 0.494 e. The maximum absolute atomic E-state index is 13.0. The van der Waals surface area contributed by atoms with Gasteiger partial charge in [-0.05, 0) is 75.0 Å². The molecule has 2 aliphatic heterocycles. The molecule has 5 heteroatoms. The Morgan fingerprint density at radius 2 is 1.66 bits per heavy atom. The van der Waals surface area contributed by atoms with Crippen LogP contribution in [0.2, 0.25) is 0 Å². The van der Waals surface area contributed by atoms with Crippen LogP contribution < -0.4 is 9.64 Å². The molecule has 0 radical (unpaired) electrons. The molecule has 4 rings (SSSR count). The van der Waals surface area contributed by atoms with Crippen LogP contribution >= 0.6 is 0 Å². The Morgan fingerprint density at radius 1 is 0.966 bits per heavy atom. The molecule has 0 aromatic heterocycles. The second-order valence-corrected chi connectivity index (χ2v) is 7.88. The summed E-state index contributed by atoms with van der Waals surface area (Å²) in [5, 5.41) is 0. The van der Waals surface area contributed by atoms with Crippen LogP contribution in [-0.4, -0.2) is 42.5 Å². The van der Waals surface area contributed by atoms with Crippen molar-refractivity contribution < 1.29 is 14.3 Å². The number of anilines is 1. The van der Waals surface area contributed by atoms with Crippen molar-refractivity contribution in [3.63, 3.8) is 0 Å². The van der Waals surface area contributed by atoms with Gasteiger partial charge in [-0.2, -0.15) is 0 Å². The number of imide groups is 1. The topological polar surface area (TPSA) is 49.9 Å². The Morgan fingerprint density at radius 3 is 2.31 bits per heavy atom. The van der Waals surface area contributed by atoms with Crippen molar-refractivity contribution >= 4 is 17.5 Å². The van der Waals surface area contributed by atoms with Gasteiger partial charge in [-0.15, -0.1) is 0 Å². The highest BCUT2D eigenvalue weighted by Crippen LogP contribution is 2.30. The van der Waals surface area contributed by atoms with Gasteiger partial charge >= 0.3 is 0 Å². The number of nitrogens with zero attached hydrogens (tertiary/aromatic N) is 2. The molecule has 0 spiro atoms. The quantitative estimate of drug-likeness (QED) is 0.704. The van der Waals surface area contributed by atoms with Gasteiger partial charge in [-0.3, -0.25) is 14.5 Å². The number of carbonyl (C=O) groups is 2. The van der Waals surface area contributed by atoms with Crippen molar-refractivity contribution in [2.45, 2.75) is 38.6 Å². The fraction of sp³-hybridized carbons (Fsp3) is 0.417. The summed E-state index contributed by atoms with van der Waals surface area (Å²) in [7, 11) is 0. The standard InChI is InChI=1S/C24H28N2O3/c1-2-29-21-10-8-20(9-11-21)26-23(27)17-22(24(26)28)25-14-12-19(13-15-25)16-18-6-4-3-5-7-18/h3-11,19,22H,2,12-17H2,1H3/t22-/m1/s1. The van der Waals surface area contributed by atoms with Gasteiger partial charge in [0.1, 0.15) is 5.75 Å². The SMILES string of the molecule is CCOc1ccc(N2C(=O)C[C@@H](N3CCC(Cc4ccccc4)CC3)C2=O)cc1. The third-order valence-corrected chi connectivity index (χ3v) is 5.99. The zero-order chi connectivity index (χ0) is 20.2. The lowest BCUT2D eigenvalue weighted by molar-refractivity contribution is -0.123. The van der Waals surface area contributed by atoms with E-state index >= 15 is 0 Å².